The second-order valence-corrected chi connectivity index (χ2v) is 3.99. The van der Waals surface area contributed by atoms with E-state index in [4.69, 9.17) is 5.11 Å². The molecule has 0 aliphatic carbocycles. The van der Waals surface area contributed by atoms with Crippen LogP contribution in [0.3, 0.4) is 0 Å². The van der Waals surface area contributed by atoms with Crippen molar-refractivity contribution in [2.75, 3.05) is 6.54 Å². The molecule has 0 saturated carbocycles. The van der Waals surface area contributed by atoms with Gasteiger partial charge in [-0.25, -0.2) is 0 Å². The first-order valence-corrected chi connectivity index (χ1v) is 5.02. The maximum Gasteiger partial charge on any atom is 0.305 e. The van der Waals surface area contributed by atoms with Gasteiger partial charge in [0.25, 0.3) is 0 Å². The number of carboxylic acids is 1. The fourth-order valence-electron chi connectivity index (χ4n) is 1.17. The van der Waals surface area contributed by atoms with Crippen LogP contribution in [0.1, 0.15) is 34.1 Å². The summed E-state index contributed by atoms with van der Waals surface area (Å²) in [6.45, 7) is 7.69. The molecule has 4 heteroatoms. The lowest BCUT2D eigenvalue weighted by atomic mass is 10.2. The largest absolute Gasteiger partial charge is 0.481 e. The lowest BCUT2D eigenvalue weighted by Crippen LogP contribution is -2.37. The van der Waals surface area contributed by atoms with Crippen molar-refractivity contribution < 1.29 is 14.7 Å². The Morgan fingerprint density at radius 1 is 1.33 bits per heavy atom. The molecule has 0 aromatic carbocycles. The summed E-state index contributed by atoms with van der Waals surface area (Å²) in [4.78, 5) is 23.6. The maximum atomic E-state index is 11.7. The Morgan fingerprint density at radius 3 is 2.20 bits per heavy atom. The van der Waals surface area contributed by atoms with Crippen LogP contribution in [0.15, 0.2) is 11.6 Å². The van der Waals surface area contributed by atoms with Gasteiger partial charge in [-0.3, -0.25) is 9.59 Å². The van der Waals surface area contributed by atoms with Crippen molar-refractivity contribution in [3.63, 3.8) is 0 Å². The van der Waals surface area contributed by atoms with Crippen LogP contribution in [0.2, 0.25) is 0 Å². The third-order valence-corrected chi connectivity index (χ3v) is 1.89. The van der Waals surface area contributed by atoms with E-state index in [9.17, 15) is 9.59 Å². The average molecular weight is 213 g/mol. The molecule has 0 aromatic heterocycles. The van der Waals surface area contributed by atoms with Crippen LogP contribution in [0.4, 0.5) is 0 Å². The van der Waals surface area contributed by atoms with E-state index < -0.39 is 5.97 Å². The highest BCUT2D eigenvalue weighted by Gasteiger charge is 2.15. The van der Waals surface area contributed by atoms with Crippen molar-refractivity contribution in [3.8, 4) is 0 Å². The lowest BCUT2D eigenvalue weighted by molar-refractivity contribution is -0.138. The molecule has 0 aliphatic heterocycles. The number of aliphatic carboxylic acids is 1. The highest BCUT2D eigenvalue weighted by atomic mass is 16.4. The van der Waals surface area contributed by atoms with E-state index >= 15 is 0 Å². The van der Waals surface area contributed by atoms with Crippen molar-refractivity contribution in [2.24, 2.45) is 0 Å². The summed E-state index contributed by atoms with van der Waals surface area (Å²) in [7, 11) is 0. The Bertz CT molecular complexity index is 265. The van der Waals surface area contributed by atoms with E-state index in [2.05, 4.69) is 0 Å². The first kappa shape index (κ1) is 13.7. The fraction of sp³-hybridized carbons (Fsp3) is 0.636. The molecule has 1 amide bonds. The van der Waals surface area contributed by atoms with Crippen molar-refractivity contribution >= 4 is 11.9 Å². The predicted molar refractivity (Wildman–Crippen MR) is 58.5 cm³/mol. The van der Waals surface area contributed by atoms with Crippen LogP contribution in [-0.2, 0) is 9.59 Å². The third kappa shape index (κ3) is 5.88. The van der Waals surface area contributed by atoms with Crippen molar-refractivity contribution in [1.82, 2.24) is 4.90 Å². The van der Waals surface area contributed by atoms with Crippen LogP contribution >= 0.6 is 0 Å². The van der Waals surface area contributed by atoms with Crippen LogP contribution < -0.4 is 0 Å². The van der Waals surface area contributed by atoms with E-state index in [1.54, 1.807) is 4.90 Å². The Balaban J connectivity index is 4.46. The Morgan fingerprint density at radius 2 is 1.87 bits per heavy atom. The van der Waals surface area contributed by atoms with Gasteiger partial charge in [-0.15, -0.1) is 0 Å². The molecule has 0 aromatic rings. The SMILES string of the molecule is CC(C)=CC(=O)N(CCC(=O)O)C(C)C. The molecular formula is C11H19NO3. The highest BCUT2D eigenvalue weighted by molar-refractivity contribution is 5.88. The van der Waals surface area contributed by atoms with Gasteiger partial charge in [0, 0.05) is 18.7 Å². The number of carboxylic acid groups (broad SMARTS) is 1. The minimum Gasteiger partial charge on any atom is -0.481 e. The number of hydrogen-bond donors (Lipinski definition) is 1. The number of hydrogen-bond acceptors (Lipinski definition) is 2. The quantitative estimate of drug-likeness (QED) is 0.707. The van der Waals surface area contributed by atoms with Gasteiger partial charge in [0.2, 0.25) is 5.91 Å². The van der Waals surface area contributed by atoms with Gasteiger partial charge in [0.1, 0.15) is 0 Å². The minimum absolute atomic E-state index is 0.0134. The summed E-state index contributed by atoms with van der Waals surface area (Å²) in [5.41, 5.74) is 0.918. The number of carbonyl (C=O) groups excluding carboxylic acids is 1. The second-order valence-electron chi connectivity index (χ2n) is 3.99. The molecule has 86 valence electrons. The van der Waals surface area contributed by atoms with Crippen molar-refractivity contribution in [1.29, 1.82) is 0 Å². The zero-order valence-electron chi connectivity index (χ0n) is 9.78. The summed E-state index contributed by atoms with van der Waals surface area (Å²) in [6.07, 6.45) is 1.52. The van der Waals surface area contributed by atoms with E-state index in [1.807, 2.05) is 27.7 Å². The summed E-state index contributed by atoms with van der Waals surface area (Å²) in [6, 6.07) is 0.0208. The van der Waals surface area contributed by atoms with Gasteiger partial charge in [-0.2, -0.15) is 0 Å². The molecule has 0 saturated heterocycles. The molecule has 0 bridgehead atoms. The molecule has 15 heavy (non-hydrogen) atoms. The zero-order chi connectivity index (χ0) is 12.0. The average Bonchev–Trinajstić information content (AvgIpc) is 2.01. The maximum absolute atomic E-state index is 11.7. The third-order valence-electron chi connectivity index (χ3n) is 1.89. The van der Waals surface area contributed by atoms with E-state index in [1.165, 1.54) is 6.08 Å². The predicted octanol–water partition coefficient (Wildman–Crippen LogP) is 1.66. The first-order chi connectivity index (χ1) is 6.84. The van der Waals surface area contributed by atoms with Gasteiger partial charge in [0.05, 0.1) is 6.42 Å². The van der Waals surface area contributed by atoms with Gasteiger partial charge in [-0.05, 0) is 27.7 Å². The Hall–Kier alpha value is -1.32. The molecule has 0 aliphatic rings. The summed E-state index contributed by atoms with van der Waals surface area (Å²) in [5.74, 6) is -1.00. The molecule has 0 fully saturated rings. The molecule has 1 N–H and O–H groups in total. The Kier molecular flexibility index (Phi) is 5.67. The molecule has 0 spiro atoms. The summed E-state index contributed by atoms with van der Waals surface area (Å²) >= 11 is 0. The molecule has 0 atom stereocenters. The molecule has 0 heterocycles. The van der Waals surface area contributed by atoms with E-state index in [0.29, 0.717) is 0 Å². The number of allylic oxidation sites excluding steroid dienone is 1. The first-order valence-electron chi connectivity index (χ1n) is 5.02. The van der Waals surface area contributed by atoms with Crippen LogP contribution in [0.25, 0.3) is 0 Å². The summed E-state index contributed by atoms with van der Waals surface area (Å²) in [5, 5.41) is 8.55. The smallest absolute Gasteiger partial charge is 0.305 e. The second kappa shape index (κ2) is 6.22. The monoisotopic (exact) mass is 213 g/mol. The zero-order valence-corrected chi connectivity index (χ0v) is 9.78. The standard InChI is InChI=1S/C11H19NO3/c1-8(2)7-10(13)12(9(3)4)6-5-11(14)15/h7,9H,5-6H2,1-4H3,(H,14,15). The van der Waals surface area contributed by atoms with Crippen LogP contribution in [0.5, 0.6) is 0 Å². The van der Waals surface area contributed by atoms with Gasteiger partial charge in [-0.1, -0.05) is 5.57 Å². The number of carbonyl (C=O) groups is 2. The minimum atomic E-state index is -0.884. The molecule has 0 unspecified atom stereocenters. The number of amides is 1. The Labute approximate surface area is 90.6 Å². The van der Waals surface area contributed by atoms with E-state index in [0.717, 1.165) is 5.57 Å². The normalized spacial score (nSPS) is 9.93. The van der Waals surface area contributed by atoms with Gasteiger partial charge in [0.15, 0.2) is 0 Å². The molecule has 0 radical (unpaired) electrons. The van der Waals surface area contributed by atoms with Gasteiger partial charge >= 0.3 is 5.97 Å². The fourth-order valence-corrected chi connectivity index (χ4v) is 1.17. The van der Waals surface area contributed by atoms with E-state index in [-0.39, 0.29) is 24.9 Å². The lowest BCUT2D eigenvalue weighted by Gasteiger charge is -2.24. The van der Waals surface area contributed by atoms with Gasteiger partial charge < -0.3 is 10.0 Å². The number of nitrogens with zero attached hydrogens (tertiary/aromatic N) is 1. The number of rotatable bonds is 5. The molecule has 0 rings (SSSR count). The van der Waals surface area contributed by atoms with Crippen molar-refractivity contribution in [3.05, 3.63) is 11.6 Å². The molecule has 4 nitrogen and oxygen atoms in total. The highest BCUT2D eigenvalue weighted by Crippen LogP contribution is 2.03. The topological polar surface area (TPSA) is 57.6 Å². The van der Waals surface area contributed by atoms with Crippen molar-refractivity contribution in [2.45, 2.75) is 40.2 Å². The van der Waals surface area contributed by atoms with Crippen LogP contribution in [-0.4, -0.2) is 34.5 Å². The van der Waals surface area contributed by atoms with Crippen LogP contribution in [0, 0.1) is 0 Å². The summed E-state index contributed by atoms with van der Waals surface area (Å²) < 4.78 is 0. The molecular weight excluding hydrogens is 194 g/mol.